The van der Waals surface area contributed by atoms with E-state index in [2.05, 4.69) is 6.92 Å². The number of hydrogen-bond donors (Lipinski definition) is 0. The van der Waals surface area contributed by atoms with E-state index in [1.54, 1.807) is 12.1 Å². The van der Waals surface area contributed by atoms with Gasteiger partial charge in [0.25, 0.3) is 5.91 Å². The van der Waals surface area contributed by atoms with Gasteiger partial charge in [-0.05, 0) is 36.5 Å². The van der Waals surface area contributed by atoms with Crippen molar-refractivity contribution in [3.05, 3.63) is 35.4 Å². The van der Waals surface area contributed by atoms with Gasteiger partial charge in [-0.2, -0.15) is 0 Å². The Bertz CT molecular complexity index is 652. The maximum atomic E-state index is 12.8. The van der Waals surface area contributed by atoms with Gasteiger partial charge in [-0.1, -0.05) is 31.9 Å². The van der Waals surface area contributed by atoms with Crippen molar-refractivity contribution in [2.75, 3.05) is 7.05 Å². The molecule has 0 spiro atoms. The Morgan fingerprint density at radius 3 is 2.28 bits per heavy atom. The van der Waals surface area contributed by atoms with Gasteiger partial charge < -0.3 is 4.90 Å². The molecule has 134 valence electrons. The fraction of sp³-hybridized carbons (Fsp3) is 0.550. The summed E-state index contributed by atoms with van der Waals surface area (Å²) in [6.07, 6.45) is 5.30. The van der Waals surface area contributed by atoms with E-state index in [9.17, 15) is 14.4 Å². The molecule has 5 nitrogen and oxygen atoms in total. The highest BCUT2D eigenvalue weighted by molar-refractivity contribution is 6.01. The molecule has 0 aromatic heterocycles. The van der Waals surface area contributed by atoms with Crippen LogP contribution in [0.5, 0.6) is 0 Å². The molecule has 1 saturated carbocycles. The third-order valence-electron chi connectivity index (χ3n) is 5.58. The van der Waals surface area contributed by atoms with E-state index in [0.29, 0.717) is 36.9 Å². The summed E-state index contributed by atoms with van der Waals surface area (Å²) >= 11 is 0. The van der Waals surface area contributed by atoms with Crippen LogP contribution in [0, 0.1) is 5.92 Å². The van der Waals surface area contributed by atoms with Gasteiger partial charge in [0.15, 0.2) is 0 Å². The maximum absolute atomic E-state index is 12.8. The smallest absolute Gasteiger partial charge is 0.253 e. The predicted octanol–water partition coefficient (Wildman–Crippen LogP) is 2.99. The topological polar surface area (TPSA) is 57.7 Å². The minimum atomic E-state index is -0.115. The van der Waals surface area contributed by atoms with Crippen LogP contribution in [0.3, 0.4) is 0 Å². The van der Waals surface area contributed by atoms with Gasteiger partial charge in [-0.3, -0.25) is 19.3 Å². The summed E-state index contributed by atoms with van der Waals surface area (Å²) in [6, 6.07) is 7.58. The van der Waals surface area contributed by atoms with Gasteiger partial charge in [0.05, 0.1) is 6.54 Å². The lowest BCUT2D eigenvalue weighted by Crippen LogP contribution is -2.42. The minimum Gasteiger partial charge on any atom is -0.338 e. The van der Waals surface area contributed by atoms with Crippen LogP contribution in [-0.4, -0.2) is 40.6 Å². The second-order valence-electron chi connectivity index (χ2n) is 7.32. The first kappa shape index (κ1) is 17.6. The molecule has 1 aliphatic heterocycles. The van der Waals surface area contributed by atoms with E-state index in [1.165, 1.54) is 24.2 Å². The van der Waals surface area contributed by atoms with Gasteiger partial charge in [0.1, 0.15) is 0 Å². The molecule has 0 bridgehead atoms. The lowest BCUT2D eigenvalue weighted by molar-refractivity contribution is -0.139. The average molecular weight is 342 g/mol. The monoisotopic (exact) mass is 342 g/mol. The highest BCUT2D eigenvalue weighted by Crippen LogP contribution is 2.28. The van der Waals surface area contributed by atoms with Crippen molar-refractivity contribution in [3.8, 4) is 0 Å². The largest absolute Gasteiger partial charge is 0.338 e. The molecule has 3 amide bonds. The predicted molar refractivity (Wildman–Crippen MR) is 94.7 cm³/mol. The Balaban J connectivity index is 1.66. The molecular weight excluding hydrogens is 316 g/mol. The first-order valence-electron chi connectivity index (χ1n) is 9.16. The Labute approximate surface area is 149 Å². The molecular formula is C20H26N2O3. The van der Waals surface area contributed by atoms with Crippen LogP contribution in [0.25, 0.3) is 0 Å². The summed E-state index contributed by atoms with van der Waals surface area (Å²) in [7, 11) is 1.89. The molecule has 2 unspecified atom stereocenters. The Kier molecular flexibility index (Phi) is 5.21. The van der Waals surface area contributed by atoms with E-state index in [4.69, 9.17) is 0 Å². The molecule has 1 aromatic rings. The highest BCUT2D eigenvalue weighted by Gasteiger charge is 2.30. The molecule has 2 fully saturated rings. The number of likely N-dealkylation sites (tertiary alicyclic amines) is 1. The fourth-order valence-corrected chi connectivity index (χ4v) is 3.96. The highest BCUT2D eigenvalue weighted by atomic mass is 16.2. The molecule has 1 heterocycles. The van der Waals surface area contributed by atoms with Crippen molar-refractivity contribution >= 4 is 17.7 Å². The van der Waals surface area contributed by atoms with Crippen LogP contribution in [0.4, 0.5) is 0 Å². The van der Waals surface area contributed by atoms with Crippen molar-refractivity contribution in [1.29, 1.82) is 0 Å². The van der Waals surface area contributed by atoms with Crippen molar-refractivity contribution in [1.82, 2.24) is 9.80 Å². The molecule has 3 rings (SSSR count). The molecule has 1 aliphatic carbocycles. The number of carbonyl (C=O) groups excluding carboxylic acids is 3. The number of benzene rings is 1. The van der Waals surface area contributed by atoms with Crippen LogP contribution in [-0.2, 0) is 16.1 Å². The Morgan fingerprint density at radius 2 is 1.68 bits per heavy atom. The van der Waals surface area contributed by atoms with Crippen LogP contribution >= 0.6 is 0 Å². The maximum Gasteiger partial charge on any atom is 0.253 e. The lowest BCUT2D eigenvalue weighted by atomic mass is 9.85. The molecule has 2 atom stereocenters. The number of imide groups is 1. The van der Waals surface area contributed by atoms with Crippen LogP contribution < -0.4 is 0 Å². The van der Waals surface area contributed by atoms with Crippen molar-refractivity contribution in [2.24, 2.45) is 5.92 Å². The van der Waals surface area contributed by atoms with Crippen molar-refractivity contribution < 1.29 is 14.4 Å². The van der Waals surface area contributed by atoms with E-state index in [-0.39, 0.29) is 17.7 Å². The molecule has 1 aromatic carbocycles. The normalized spacial score (nSPS) is 23.8. The van der Waals surface area contributed by atoms with Gasteiger partial charge in [0, 0.05) is 31.5 Å². The number of hydrogen-bond acceptors (Lipinski definition) is 3. The lowest BCUT2D eigenvalue weighted by Gasteiger charge is -2.36. The van der Waals surface area contributed by atoms with E-state index < -0.39 is 0 Å². The molecule has 1 saturated heterocycles. The van der Waals surface area contributed by atoms with Crippen LogP contribution in [0.15, 0.2) is 24.3 Å². The third-order valence-corrected chi connectivity index (χ3v) is 5.58. The summed E-state index contributed by atoms with van der Waals surface area (Å²) in [5.74, 6) is 0.347. The average Bonchev–Trinajstić information content (AvgIpc) is 2.93. The first-order valence-corrected chi connectivity index (χ1v) is 9.16. The molecule has 5 heteroatoms. The van der Waals surface area contributed by atoms with E-state index in [1.807, 2.05) is 24.1 Å². The zero-order chi connectivity index (χ0) is 18.0. The zero-order valence-electron chi connectivity index (χ0n) is 15.0. The molecule has 25 heavy (non-hydrogen) atoms. The third kappa shape index (κ3) is 3.75. The number of rotatable bonds is 4. The van der Waals surface area contributed by atoms with Gasteiger partial charge in [-0.25, -0.2) is 0 Å². The summed E-state index contributed by atoms with van der Waals surface area (Å²) < 4.78 is 0. The SMILES string of the molecule is CC1CCCCC1N(C)C(=O)c1ccc(CN2C(=O)CCC2=O)cc1. The van der Waals surface area contributed by atoms with E-state index >= 15 is 0 Å². The Hall–Kier alpha value is -2.17. The fourth-order valence-electron chi connectivity index (χ4n) is 3.96. The Morgan fingerprint density at radius 1 is 1.08 bits per heavy atom. The van der Waals surface area contributed by atoms with E-state index in [0.717, 1.165) is 12.0 Å². The van der Waals surface area contributed by atoms with Crippen LogP contribution in [0.2, 0.25) is 0 Å². The number of amides is 3. The standard InChI is InChI=1S/C20H26N2O3/c1-14-5-3-4-6-17(14)21(2)20(25)16-9-7-15(8-10-16)13-22-18(23)11-12-19(22)24/h7-10,14,17H,3-6,11-13H2,1-2H3. The summed E-state index contributed by atoms with van der Waals surface area (Å²) in [6.45, 7) is 2.52. The van der Waals surface area contributed by atoms with Crippen molar-refractivity contribution in [2.45, 2.75) is 58.0 Å². The van der Waals surface area contributed by atoms with Crippen molar-refractivity contribution in [3.63, 3.8) is 0 Å². The molecule has 0 N–H and O–H groups in total. The van der Waals surface area contributed by atoms with Crippen LogP contribution in [0.1, 0.15) is 61.4 Å². The molecule has 0 radical (unpaired) electrons. The number of nitrogens with zero attached hydrogens (tertiary/aromatic N) is 2. The quantitative estimate of drug-likeness (QED) is 0.791. The van der Waals surface area contributed by atoms with Gasteiger partial charge >= 0.3 is 0 Å². The summed E-state index contributed by atoms with van der Waals surface area (Å²) in [5, 5.41) is 0. The zero-order valence-corrected chi connectivity index (χ0v) is 15.0. The van der Waals surface area contributed by atoms with Gasteiger partial charge in [-0.15, -0.1) is 0 Å². The van der Waals surface area contributed by atoms with Gasteiger partial charge in [0.2, 0.25) is 11.8 Å². The first-order chi connectivity index (χ1) is 12.0. The second-order valence-corrected chi connectivity index (χ2v) is 7.32. The summed E-state index contributed by atoms with van der Waals surface area (Å²) in [4.78, 5) is 39.3. The molecule has 2 aliphatic rings. The number of carbonyl (C=O) groups is 3. The second kappa shape index (κ2) is 7.38. The summed E-state index contributed by atoms with van der Waals surface area (Å²) in [5.41, 5.74) is 1.52. The minimum absolute atomic E-state index is 0.0404.